The smallest absolute Gasteiger partial charge is 0.00116 e. The van der Waals surface area contributed by atoms with E-state index < -0.39 is 0 Å². The van der Waals surface area contributed by atoms with Crippen LogP contribution in [0.1, 0.15) is 91.4 Å². The summed E-state index contributed by atoms with van der Waals surface area (Å²) in [5, 5.41) is 3.61. The zero-order valence-corrected chi connectivity index (χ0v) is 14.3. The lowest BCUT2D eigenvalue weighted by molar-refractivity contribution is 0.452. The Balaban J connectivity index is 1.81. The van der Waals surface area contributed by atoms with Crippen molar-refractivity contribution in [2.24, 2.45) is 5.92 Å². The zero-order valence-electron chi connectivity index (χ0n) is 14.3. The fourth-order valence-corrected chi connectivity index (χ4v) is 3.09. The molecule has 0 bridgehead atoms. The Hall–Kier alpha value is -0.300. The van der Waals surface area contributed by atoms with Crippen LogP contribution in [0.15, 0.2) is 11.1 Å². The molecule has 1 N–H and O–H groups in total. The highest BCUT2D eigenvalue weighted by Gasteiger charge is 2.10. The maximum Gasteiger partial charge on any atom is -0.00116 e. The first-order valence-electron chi connectivity index (χ1n) is 9.12. The summed E-state index contributed by atoms with van der Waals surface area (Å²) in [7, 11) is 0. The zero-order chi connectivity index (χ0) is 14.6. The van der Waals surface area contributed by atoms with Crippen LogP contribution in [0.3, 0.4) is 0 Å². The highest BCUT2D eigenvalue weighted by molar-refractivity contribution is 5.17. The summed E-state index contributed by atoms with van der Waals surface area (Å²) in [6.07, 6.45) is 15.3. The fraction of sp³-hybridized carbons (Fsp3) is 0.895. The Morgan fingerprint density at radius 1 is 1.05 bits per heavy atom. The first-order valence-corrected chi connectivity index (χ1v) is 9.12. The molecule has 1 aliphatic carbocycles. The normalized spacial score (nSPS) is 16.1. The molecular formula is C19H37N. The van der Waals surface area contributed by atoms with Gasteiger partial charge in [-0.3, -0.25) is 0 Å². The number of hydrogen-bond acceptors (Lipinski definition) is 1. The molecule has 0 saturated heterocycles. The second-order valence-corrected chi connectivity index (χ2v) is 6.83. The molecule has 0 aromatic rings. The number of hydrogen-bond donors (Lipinski definition) is 1. The van der Waals surface area contributed by atoms with Gasteiger partial charge in [0.2, 0.25) is 0 Å². The van der Waals surface area contributed by atoms with Gasteiger partial charge in [-0.05, 0) is 58.0 Å². The summed E-state index contributed by atoms with van der Waals surface area (Å²) in [6.45, 7) is 9.43. The molecule has 118 valence electrons. The monoisotopic (exact) mass is 279 g/mol. The van der Waals surface area contributed by atoms with E-state index >= 15 is 0 Å². The first kappa shape index (κ1) is 17.8. The van der Waals surface area contributed by atoms with Gasteiger partial charge in [-0.25, -0.2) is 0 Å². The Kier molecular flexibility index (Phi) is 10.1. The maximum absolute atomic E-state index is 3.61. The van der Waals surface area contributed by atoms with Crippen molar-refractivity contribution in [3.63, 3.8) is 0 Å². The fourth-order valence-electron chi connectivity index (χ4n) is 3.09. The van der Waals surface area contributed by atoms with Gasteiger partial charge in [-0.2, -0.15) is 0 Å². The number of unbranched alkanes of at least 4 members (excludes halogenated alkanes) is 3. The third kappa shape index (κ3) is 8.09. The van der Waals surface area contributed by atoms with Crippen LogP contribution in [0, 0.1) is 5.92 Å². The van der Waals surface area contributed by atoms with Crippen LogP contribution in [-0.4, -0.2) is 13.1 Å². The lowest BCUT2D eigenvalue weighted by Crippen LogP contribution is -2.17. The molecule has 1 rings (SSSR count). The van der Waals surface area contributed by atoms with E-state index in [4.69, 9.17) is 0 Å². The molecule has 0 heterocycles. The highest BCUT2D eigenvalue weighted by atomic mass is 14.8. The molecular weight excluding hydrogens is 242 g/mol. The third-order valence-corrected chi connectivity index (χ3v) is 4.82. The van der Waals surface area contributed by atoms with Crippen LogP contribution in [0.2, 0.25) is 0 Å². The highest BCUT2D eigenvalue weighted by Crippen LogP contribution is 2.29. The maximum atomic E-state index is 3.61. The van der Waals surface area contributed by atoms with Crippen molar-refractivity contribution in [1.29, 1.82) is 0 Å². The minimum Gasteiger partial charge on any atom is -0.316 e. The van der Waals surface area contributed by atoms with Crippen LogP contribution in [0.25, 0.3) is 0 Å². The van der Waals surface area contributed by atoms with Gasteiger partial charge in [0.05, 0.1) is 0 Å². The molecule has 1 nitrogen and oxygen atoms in total. The van der Waals surface area contributed by atoms with Crippen molar-refractivity contribution in [2.75, 3.05) is 13.1 Å². The van der Waals surface area contributed by atoms with Gasteiger partial charge in [0.25, 0.3) is 0 Å². The van der Waals surface area contributed by atoms with Crippen molar-refractivity contribution in [3.05, 3.63) is 11.1 Å². The summed E-state index contributed by atoms with van der Waals surface area (Å²) >= 11 is 0. The van der Waals surface area contributed by atoms with Gasteiger partial charge in [0.1, 0.15) is 0 Å². The van der Waals surface area contributed by atoms with E-state index in [-0.39, 0.29) is 0 Å². The molecule has 0 spiro atoms. The van der Waals surface area contributed by atoms with Crippen molar-refractivity contribution >= 4 is 0 Å². The molecule has 0 aliphatic heterocycles. The predicted molar refractivity (Wildman–Crippen MR) is 91.2 cm³/mol. The lowest BCUT2D eigenvalue weighted by atomic mass is 9.87. The second-order valence-electron chi connectivity index (χ2n) is 6.83. The standard InChI is InChI=1S/C19H37N/c1-4-10-17(2)11-7-5-6-8-15-20-16-14-18(3)19-12-9-13-19/h17,20H,4-16H2,1-3H3. The molecule has 1 fully saturated rings. The van der Waals surface area contributed by atoms with E-state index in [1.54, 1.807) is 11.1 Å². The summed E-state index contributed by atoms with van der Waals surface area (Å²) in [4.78, 5) is 0. The Labute approximate surface area is 127 Å². The van der Waals surface area contributed by atoms with Gasteiger partial charge in [0, 0.05) is 0 Å². The molecule has 1 heteroatoms. The summed E-state index contributed by atoms with van der Waals surface area (Å²) in [5.41, 5.74) is 3.40. The van der Waals surface area contributed by atoms with E-state index in [0.717, 1.165) is 5.92 Å². The molecule has 0 aromatic heterocycles. The molecule has 1 aliphatic rings. The van der Waals surface area contributed by atoms with Gasteiger partial charge in [-0.15, -0.1) is 0 Å². The average molecular weight is 280 g/mol. The molecule has 0 amide bonds. The summed E-state index contributed by atoms with van der Waals surface area (Å²) in [6, 6.07) is 0. The van der Waals surface area contributed by atoms with Gasteiger partial charge in [-0.1, -0.05) is 63.5 Å². The summed E-state index contributed by atoms with van der Waals surface area (Å²) in [5.74, 6) is 0.945. The second kappa shape index (κ2) is 11.4. The van der Waals surface area contributed by atoms with E-state index in [1.165, 1.54) is 83.7 Å². The van der Waals surface area contributed by atoms with E-state index in [1.807, 2.05) is 0 Å². The quantitative estimate of drug-likeness (QED) is 0.349. The minimum absolute atomic E-state index is 0.945. The average Bonchev–Trinajstić information content (AvgIpc) is 2.35. The van der Waals surface area contributed by atoms with Gasteiger partial charge >= 0.3 is 0 Å². The molecule has 1 unspecified atom stereocenters. The number of allylic oxidation sites excluding steroid dienone is 1. The summed E-state index contributed by atoms with van der Waals surface area (Å²) < 4.78 is 0. The molecule has 1 saturated carbocycles. The van der Waals surface area contributed by atoms with Crippen molar-refractivity contribution in [3.8, 4) is 0 Å². The molecule has 20 heavy (non-hydrogen) atoms. The van der Waals surface area contributed by atoms with Crippen molar-refractivity contribution < 1.29 is 0 Å². The third-order valence-electron chi connectivity index (χ3n) is 4.82. The Morgan fingerprint density at radius 3 is 2.45 bits per heavy atom. The van der Waals surface area contributed by atoms with Crippen LogP contribution in [0.4, 0.5) is 0 Å². The van der Waals surface area contributed by atoms with Crippen LogP contribution < -0.4 is 5.32 Å². The molecule has 1 atom stereocenters. The van der Waals surface area contributed by atoms with Crippen molar-refractivity contribution in [2.45, 2.75) is 91.4 Å². The Morgan fingerprint density at radius 2 is 1.80 bits per heavy atom. The molecule has 0 aromatic carbocycles. The van der Waals surface area contributed by atoms with Crippen LogP contribution in [-0.2, 0) is 0 Å². The van der Waals surface area contributed by atoms with Crippen LogP contribution in [0.5, 0.6) is 0 Å². The number of rotatable bonds is 12. The van der Waals surface area contributed by atoms with E-state index in [9.17, 15) is 0 Å². The first-order chi connectivity index (χ1) is 9.74. The number of nitrogens with one attached hydrogen (secondary N) is 1. The topological polar surface area (TPSA) is 12.0 Å². The SMILES string of the molecule is CCCC(C)CCCCCCNCCC(C)=C1CCC1. The van der Waals surface area contributed by atoms with E-state index in [2.05, 4.69) is 26.1 Å². The Bertz CT molecular complexity index is 261. The lowest BCUT2D eigenvalue weighted by Gasteiger charge is -2.20. The van der Waals surface area contributed by atoms with Gasteiger partial charge < -0.3 is 5.32 Å². The predicted octanol–water partition coefficient (Wildman–Crippen LogP) is 5.85. The van der Waals surface area contributed by atoms with Crippen LogP contribution >= 0.6 is 0 Å². The minimum atomic E-state index is 0.945. The largest absolute Gasteiger partial charge is 0.316 e. The van der Waals surface area contributed by atoms with E-state index in [0.29, 0.717) is 0 Å². The molecule has 0 radical (unpaired) electrons. The van der Waals surface area contributed by atoms with Gasteiger partial charge in [0.15, 0.2) is 0 Å². The van der Waals surface area contributed by atoms with Crippen molar-refractivity contribution in [1.82, 2.24) is 5.32 Å².